The Labute approximate surface area is 104 Å². The first kappa shape index (κ1) is 13.9. The Morgan fingerprint density at radius 2 is 1.76 bits per heavy atom. The Hall–Kier alpha value is -1.15. The molecule has 0 heterocycles. The van der Waals surface area contributed by atoms with Crippen molar-refractivity contribution in [3.05, 3.63) is 35.4 Å². The number of rotatable bonds is 6. The van der Waals surface area contributed by atoms with E-state index in [1.165, 1.54) is 5.56 Å². The van der Waals surface area contributed by atoms with Gasteiger partial charge in [-0.2, -0.15) is 0 Å². The van der Waals surface area contributed by atoms with Gasteiger partial charge in [0.1, 0.15) is 0 Å². The average molecular weight is 234 g/mol. The zero-order valence-corrected chi connectivity index (χ0v) is 11.2. The number of carbonyl (C=O) groups excluding carboxylic acids is 1. The molecule has 0 bridgehead atoms. The van der Waals surface area contributed by atoms with Gasteiger partial charge in [0.2, 0.25) is 0 Å². The fourth-order valence-electron chi connectivity index (χ4n) is 1.83. The fourth-order valence-corrected chi connectivity index (χ4v) is 1.83. The Morgan fingerprint density at radius 3 is 2.24 bits per heavy atom. The molecule has 0 radical (unpaired) electrons. The van der Waals surface area contributed by atoms with E-state index in [9.17, 15) is 4.79 Å². The number of hydrogen-bond donors (Lipinski definition) is 0. The Bertz CT molecular complexity index is 352. The molecule has 0 aliphatic carbocycles. The second kappa shape index (κ2) is 6.55. The molecule has 0 aromatic heterocycles. The van der Waals surface area contributed by atoms with Gasteiger partial charge in [-0.05, 0) is 17.4 Å². The van der Waals surface area contributed by atoms with E-state index in [4.69, 9.17) is 4.74 Å². The summed E-state index contributed by atoms with van der Waals surface area (Å²) in [6, 6.07) is 7.94. The Kier molecular flexibility index (Phi) is 5.36. The lowest BCUT2D eigenvalue weighted by molar-refractivity contribution is 0.0920. The lowest BCUT2D eigenvalue weighted by atomic mass is 9.97. The van der Waals surface area contributed by atoms with E-state index in [2.05, 4.69) is 13.8 Å². The van der Waals surface area contributed by atoms with Crippen molar-refractivity contribution in [2.24, 2.45) is 5.92 Å². The van der Waals surface area contributed by atoms with Crippen LogP contribution in [0.25, 0.3) is 0 Å². The van der Waals surface area contributed by atoms with Gasteiger partial charge in [-0.1, -0.05) is 45.0 Å². The molecule has 0 saturated heterocycles. The van der Waals surface area contributed by atoms with Crippen molar-refractivity contribution in [3.8, 4) is 0 Å². The van der Waals surface area contributed by atoms with E-state index in [0.717, 1.165) is 5.56 Å². The van der Waals surface area contributed by atoms with Crippen LogP contribution in [-0.4, -0.2) is 19.5 Å². The first-order valence-electron chi connectivity index (χ1n) is 6.16. The zero-order valence-electron chi connectivity index (χ0n) is 11.2. The van der Waals surface area contributed by atoms with E-state index < -0.39 is 0 Å². The van der Waals surface area contributed by atoms with Crippen LogP contribution in [0.2, 0.25) is 0 Å². The molecule has 0 fully saturated rings. The zero-order chi connectivity index (χ0) is 12.8. The highest BCUT2D eigenvalue weighted by molar-refractivity contribution is 5.96. The molecule has 1 rings (SSSR count). The molecule has 0 saturated carbocycles. The van der Waals surface area contributed by atoms with Crippen molar-refractivity contribution >= 4 is 5.78 Å². The number of ether oxygens (including phenoxy) is 1. The van der Waals surface area contributed by atoms with Gasteiger partial charge < -0.3 is 4.74 Å². The minimum absolute atomic E-state index is 0.199. The highest BCUT2D eigenvalue weighted by Crippen LogP contribution is 2.16. The van der Waals surface area contributed by atoms with Crippen LogP contribution in [0.1, 0.15) is 49.0 Å². The quantitative estimate of drug-likeness (QED) is 0.702. The molecule has 0 N–H and O–H groups in total. The SMILES string of the molecule is COCC(C)CC(=O)c1ccc(C(C)C)cc1. The molecule has 1 atom stereocenters. The number of hydrogen-bond acceptors (Lipinski definition) is 2. The maximum absolute atomic E-state index is 12.0. The van der Waals surface area contributed by atoms with Gasteiger partial charge in [0.05, 0.1) is 0 Å². The predicted molar refractivity (Wildman–Crippen MR) is 70.5 cm³/mol. The number of Topliss-reactive ketones (excluding diaryl/α,β-unsaturated/α-hetero) is 1. The number of carbonyl (C=O) groups is 1. The molecular formula is C15H22O2. The van der Waals surface area contributed by atoms with Crippen LogP contribution >= 0.6 is 0 Å². The van der Waals surface area contributed by atoms with Gasteiger partial charge in [0.25, 0.3) is 0 Å². The van der Waals surface area contributed by atoms with Crippen molar-refractivity contribution in [3.63, 3.8) is 0 Å². The maximum Gasteiger partial charge on any atom is 0.163 e. The molecule has 0 amide bonds. The van der Waals surface area contributed by atoms with Gasteiger partial charge in [-0.15, -0.1) is 0 Å². The maximum atomic E-state index is 12.0. The van der Waals surface area contributed by atoms with Crippen molar-refractivity contribution < 1.29 is 9.53 Å². The average Bonchev–Trinajstić information content (AvgIpc) is 2.29. The van der Waals surface area contributed by atoms with Gasteiger partial charge >= 0.3 is 0 Å². The van der Waals surface area contributed by atoms with E-state index in [1.54, 1.807) is 7.11 Å². The van der Waals surface area contributed by atoms with Gasteiger partial charge in [-0.3, -0.25) is 4.79 Å². The molecule has 1 unspecified atom stereocenters. The largest absolute Gasteiger partial charge is 0.384 e. The van der Waals surface area contributed by atoms with Crippen molar-refractivity contribution in [1.82, 2.24) is 0 Å². The summed E-state index contributed by atoms with van der Waals surface area (Å²) in [5.41, 5.74) is 2.07. The van der Waals surface area contributed by atoms with Crippen LogP contribution in [0.15, 0.2) is 24.3 Å². The normalized spacial score (nSPS) is 12.8. The van der Waals surface area contributed by atoms with E-state index in [-0.39, 0.29) is 11.7 Å². The Morgan fingerprint density at radius 1 is 1.18 bits per heavy atom. The second-order valence-corrected chi connectivity index (χ2v) is 4.96. The molecular weight excluding hydrogens is 212 g/mol. The van der Waals surface area contributed by atoms with Crippen molar-refractivity contribution in [1.29, 1.82) is 0 Å². The van der Waals surface area contributed by atoms with Crippen molar-refractivity contribution in [2.45, 2.75) is 33.1 Å². The van der Waals surface area contributed by atoms with E-state index in [0.29, 0.717) is 18.9 Å². The van der Waals surface area contributed by atoms with E-state index >= 15 is 0 Å². The molecule has 0 aliphatic rings. The second-order valence-electron chi connectivity index (χ2n) is 4.96. The Balaban J connectivity index is 2.63. The molecule has 94 valence electrons. The van der Waals surface area contributed by atoms with Crippen LogP contribution in [0, 0.1) is 5.92 Å². The standard InChI is InChI=1S/C15H22O2/c1-11(2)13-5-7-14(8-6-13)15(16)9-12(3)10-17-4/h5-8,11-12H,9-10H2,1-4H3. The number of ketones is 1. The summed E-state index contributed by atoms with van der Waals surface area (Å²) >= 11 is 0. The van der Waals surface area contributed by atoms with E-state index in [1.807, 2.05) is 31.2 Å². The highest BCUT2D eigenvalue weighted by atomic mass is 16.5. The van der Waals surface area contributed by atoms with Gasteiger partial charge in [0, 0.05) is 25.7 Å². The molecule has 2 heteroatoms. The van der Waals surface area contributed by atoms with Crippen LogP contribution in [0.3, 0.4) is 0 Å². The lowest BCUT2D eigenvalue weighted by Gasteiger charge is -2.10. The van der Waals surface area contributed by atoms with Crippen LogP contribution < -0.4 is 0 Å². The molecule has 1 aromatic rings. The third-order valence-electron chi connectivity index (χ3n) is 2.88. The molecule has 1 aromatic carbocycles. The summed E-state index contributed by atoms with van der Waals surface area (Å²) in [5.74, 6) is 0.980. The third kappa shape index (κ3) is 4.31. The summed E-state index contributed by atoms with van der Waals surface area (Å²) < 4.78 is 5.04. The first-order valence-corrected chi connectivity index (χ1v) is 6.16. The van der Waals surface area contributed by atoms with Crippen LogP contribution in [0.5, 0.6) is 0 Å². The number of methoxy groups -OCH3 is 1. The summed E-state index contributed by atoms with van der Waals surface area (Å²) in [5, 5.41) is 0. The van der Waals surface area contributed by atoms with Crippen molar-refractivity contribution in [2.75, 3.05) is 13.7 Å². The lowest BCUT2D eigenvalue weighted by Crippen LogP contribution is -2.10. The van der Waals surface area contributed by atoms with Gasteiger partial charge in [-0.25, -0.2) is 0 Å². The van der Waals surface area contributed by atoms with Crippen LogP contribution in [-0.2, 0) is 4.74 Å². The van der Waals surface area contributed by atoms with Crippen LogP contribution in [0.4, 0.5) is 0 Å². The summed E-state index contributed by atoms with van der Waals surface area (Å²) in [7, 11) is 1.67. The molecule has 0 aliphatic heterocycles. The van der Waals surface area contributed by atoms with Gasteiger partial charge in [0.15, 0.2) is 5.78 Å². The predicted octanol–water partition coefficient (Wildman–Crippen LogP) is 3.67. The minimum Gasteiger partial charge on any atom is -0.384 e. The highest BCUT2D eigenvalue weighted by Gasteiger charge is 2.11. The summed E-state index contributed by atoms with van der Waals surface area (Å²) in [4.78, 5) is 12.0. The summed E-state index contributed by atoms with van der Waals surface area (Å²) in [6.45, 7) is 6.97. The summed E-state index contributed by atoms with van der Waals surface area (Å²) in [6.07, 6.45) is 0.550. The molecule has 17 heavy (non-hydrogen) atoms. The minimum atomic E-state index is 0.199. The third-order valence-corrected chi connectivity index (χ3v) is 2.88. The molecule has 2 nitrogen and oxygen atoms in total. The molecule has 0 spiro atoms. The first-order chi connectivity index (χ1) is 8.04. The smallest absolute Gasteiger partial charge is 0.163 e. The topological polar surface area (TPSA) is 26.3 Å². The number of benzene rings is 1. The monoisotopic (exact) mass is 234 g/mol. The fraction of sp³-hybridized carbons (Fsp3) is 0.533.